The van der Waals surface area contributed by atoms with Crippen molar-refractivity contribution in [1.29, 1.82) is 0 Å². The van der Waals surface area contributed by atoms with Gasteiger partial charge in [-0.2, -0.15) is 4.37 Å². The number of piperazine rings is 1. The first-order valence-corrected chi connectivity index (χ1v) is 21.2. The summed E-state index contributed by atoms with van der Waals surface area (Å²) in [5.41, 5.74) is 5.19. The largest absolute Gasteiger partial charge is 0.496 e. The van der Waals surface area contributed by atoms with E-state index in [1.807, 2.05) is 55.5 Å². The highest BCUT2D eigenvalue weighted by molar-refractivity contribution is 7.13. The van der Waals surface area contributed by atoms with Crippen molar-refractivity contribution in [2.75, 3.05) is 53.5 Å². The number of aromatic nitrogens is 4. The summed E-state index contributed by atoms with van der Waals surface area (Å²) < 4.78 is 43.8. The van der Waals surface area contributed by atoms with E-state index in [4.69, 9.17) is 40.5 Å². The molecule has 1 aliphatic rings. The standard InChI is InChI=1S/C47H44ClFN6O6S/c1-29-34(16-17-38(43(29)48)59-25-24-55-22-20-54(2)21-23-55)41-42-40(27-51-44(41)30-12-14-32(49)15-13-30)62-53-46(42)61-39(47(56)57)26-31-8-4-6-10-36(31)60-28-33-18-19-50-45(52-33)35-9-5-7-11-37(35)58-3/h4-19,27,39H,20-26,28H2,1-3H3,(H,56,57). The van der Waals surface area contributed by atoms with E-state index in [1.165, 1.54) is 12.1 Å². The maximum atomic E-state index is 14.2. The van der Waals surface area contributed by atoms with Crippen LogP contribution >= 0.6 is 23.1 Å². The maximum Gasteiger partial charge on any atom is 0.345 e. The summed E-state index contributed by atoms with van der Waals surface area (Å²) in [4.78, 5) is 31.6. The summed E-state index contributed by atoms with van der Waals surface area (Å²) in [6.07, 6.45) is 1.92. The average Bonchev–Trinajstić information content (AvgIpc) is 3.70. The van der Waals surface area contributed by atoms with Crippen LogP contribution in [0.1, 0.15) is 16.8 Å². The van der Waals surface area contributed by atoms with E-state index in [2.05, 4.69) is 26.2 Å². The number of aliphatic carboxylic acids is 1. The molecule has 15 heteroatoms. The lowest BCUT2D eigenvalue weighted by Crippen LogP contribution is -2.45. The molecule has 318 valence electrons. The molecule has 7 aromatic rings. The van der Waals surface area contributed by atoms with Gasteiger partial charge < -0.3 is 29.0 Å². The van der Waals surface area contributed by atoms with Crippen molar-refractivity contribution in [2.45, 2.75) is 26.1 Å². The molecule has 0 bridgehead atoms. The van der Waals surface area contributed by atoms with Crippen molar-refractivity contribution in [3.05, 3.63) is 131 Å². The number of pyridine rings is 1. The summed E-state index contributed by atoms with van der Waals surface area (Å²) in [6.45, 7) is 7.24. The molecule has 4 aromatic carbocycles. The van der Waals surface area contributed by atoms with Crippen molar-refractivity contribution in [2.24, 2.45) is 0 Å². The Bertz CT molecular complexity index is 2690. The van der Waals surface area contributed by atoms with Gasteiger partial charge in [0, 0.05) is 62.7 Å². The topological polar surface area (TPSA) is 132 Å². The van der Waals surface area contributed by atoms with E-state index in [9.17, 15) is 14.3 Å². The number of carboxylic acid groups (broad SMARTS) is 1. The molecular formula is C47H44ClFN6O6S. The molecule has 1 atom stereocenters. The Morgan fingerprint density at radius 2 is 1.66 bits per heavy atom. The van der Waals surface area contributed by atoms with E-state index in [1.54, 1.807) is 49.8 Å². The molecule has 1 aliphatic heterocycles. The van der Waals surface area contributed by atoms with Crippen molar-refractivity contribution >= 4 is 39.2 Å². The Balaban J connectivity index is 1.08. The number of rotatable bonds is 16. The van der Waals surface area contributed by atoms with Gasteiger partial charge in [-0.05, 0) is 96.8 Å². The molecule has 8 rings (SSSR count). The van der Waals surface area contributed by atoms with Gasteiger partial charge in [-0.25, -0.2) is 19.2 Å². The first-order chi connectivity index (χ1) is 30.2. The fourth-order valence-electron chi connectivity index (χ4n) is 7.39. The Morgan fingerprint density at radius 1 is 0.903 bits per heavy atom. The lowest BCUT2D eigenvalue weighted by atomic mass is 9.93. The minimum absolute atomic E-state index is 0.0446. The van der Waals surface area contributed by atoms with Gasteiger partial charge in [0.15, 0.2) is 5.82 Å². The van der Waals surface area contributed by atoms with E-state index < -0.39 is 17.9 Å². The number of hydrogen-bond acceptors (Lipinski definition) is 12. The summed E-state index contributed by atoms with van der Waals surface area (Å²) in [5.74, 6) is 0.693. The predicted molar refractivity (Wildman–Crippen MR) is 238 cm³/mol. The number of hydrogen-bond donors (Lipinski definition) is 1. The number of methoxy groups -OCH3 is 1. The molecule has 4 heterocycles. The number of halogens is 2. The maximum absolute atomic E-state index is 14.2. The number of nitrogens with zero attached hydrogens (tertiary/aromatic N) is 6. The Morgan fingerprint density at radius 3 is 2.44 bits per heavy atom. The highest BCUT2D eigenvalue weighted by Gasteiger charge is 2.28. The average molecular weight is 875 g/mol. The zero-order valence-electron chi connectivity index (χ0n) is 34.4. The zero-order valence-corrected chi connectivity index (χ0v) is 36.0. The molecule has 0 amide bonds. The molecule has 0 spiro atoms. The number of carbonyl (C=O) groups is 1. The highest BCUT2D eigenvalue weighted by Crippen LogP contribution is 2.46. The van der Waals surface area contributed by atoms with Crippen LogP contribution in [0.25, 0.3) is 43.9 Å². The Labute approximate surface area is 367 Å². The number of carboxylic acids is 1. The molecule has 12 nitrogen and oxygen atoms in total. The van der Waals surface area contributed by atoms with Gasteiger partial charge >= 0.3 is 5.97 Å². The molecule has 1 saturated heterocycles. The fourth-order valence-corrected chi connectivity index (χ4v) is 8.31. The second kappa shape index (κ2) is 19.2. The quantitative estimate of drug-likeness (QED) is 0.0995. The van der Waals surface area contributed by atoms with Gasteiger partial charge in [0.05, 0.1) is 39.2 Å². The lowest BCUT2D eigenvalue weighted by molar-refractivity contribution is -0.145. The third kappa shape index (κ3) is 9.48. The van der Waals surface area contributed by atoms with E-state index in [0.29, 0.717) is 78.4 Å². The van der Waals surface area contributed by atoms with Crippen LogP contribution < -0.4 is 18.9 Å². The van der Waals surface area contributed by atoms with Crippen molar-refractivity contribution in [3.8, 4) is 56.9 Å². The third-order valence-corrected chi connectivity index (χ3v) is 12.1. The van der Waals surface area contributed by atoms with E-state index in [-0.39, 0.29) is 18.9 Å². The second-order valence-electron chi connectivity index (χ2n) is 14.9. The van der Waals surface area contributed by atoms with Gasteiger partial charge in [0.25, 0.3) is 0 Å². The van der Waals surface area contributed by atoms with Crippen LogP contribution in [0.3, 0.4) is 0 Å². The number of para-hydroxylation sites is 2. The lowest BCUT2D eigenvalue weighted by Gasteiger charge is -2.32. The molecule has 3 aromatic heterocycles. The summed E-state index contributed by atoms with van der Waals surface area (Å²) in [5, 5.41) is 11.6. The molecule has 62 heavy (non-hydrogen) atoms. The number of likely N-dealkylation sites (N-methyl/N-ethyl adjacent to an activating group) is 1. The molecular weight excluding hydrogens is 831 g/mol. The number of ether oxygens (including phenoxy) is 4. The van der Waals surface area contributed by atoms with Crippen LogP contribution in [-0.2, 0) is 17.8 Å². The van der Waals surface area contributed by atoms with Crippen molar-refractivity contribution < 1.29 is 33.2 Å². The van der Waals surface area contributed by atoms with Gasteiger partial charge in [0.1, 0.15) is 36.3 Å². The van der Waals surface area contributed by atoms with Gasteiger partial charge in [-0.15, -0.1) is 0 Å². The molecule has 0 saturated carbocycles. The zero-order chi connectivity index (χ0) is 43.2. The summed E-state index contributed by atoms with van der Waals surface area (Å²) >= 11 is 8.19. The highest BCUT2D eigenvalue weighted by atomic mass is 35.5. The van der Waals surface area contributed by atoms with E-state index in [0.717, 1.165) is 55.4 Å². The number of fused-ring (bicyclic) bond motifs is 1. The SMILES string of the molecule is COc1ccccc1-c1nccc(COc2ccccc2CC(Oc2nsc3cnc(-c4ccc(F)cc4)c(-c4ccc(OCCN5CCN(C)CC5)c(Cl)c4C)c23)C(=O)O)n1. The Kier molecular flexibility index (Phi) is 13.2. The van der Waals surface area contributed by atoms with Crippen LogP contribution in [0.15, 0.2) is 103 Å². The van der Waals surface area contributed by atoms with Crippen LogP contribution in [0.4, 0.5) is 4.39 Å². The van der Waals surface area contributed by atoms with Crippen LogP contribution in [0.2, 0.25) is 5.02 Å². The van der Waals surface area contributed by atoms with Crippen molar-refractivity contribution in [3.63, 3.8) is 0 Å². The Hall–Kier alpha value is -6.19. The molecule has 1 fully saturated rings. The second-order valence-corrected chi connectivity index (χ2v) is 16.1. The smallest absolute Gasteiger partial charge is 0.345 e. The van der Waals surface area contributed by atoms with Gasteiger partial charge in [0.2, 0.25) is 12.0 Å². The molecule has 1 unspecified atom stereocenters. The first kappa shape index (κ1) is 42.5. The minimum Gasteiger partial charge on any atom is -0.496 e. The molecule has 0 aliphatic carbocycles. The third-order valence-electron chi connectivity index (χ3n) is 10.8. The van der Waals surface area contributed by atoms with Crippen LogP contribution in [-0.4, -0.2) is 99.8 Å². The summed E-state index contributed by atoms with van der Waals surface area (Å²) in [7, 11) is 3.72. The van der Waals surface area contributed by atoms with Crippen molar-refractivity contribution in [1.82, 2.24) is 29.1 Å². The van der Waals surface area contributed by atoms with E-state index >= 15 is 0 Å². The number of benzene rings is 4. The summed E-state index contributed by atoms with van der Waals surface area (Å²) in [6, 6.07) is 26.2. The van der Waals surface area contributed by atoms with Gasteiger partial charge in [-0.1, -0.05) is 48.0 Å². The van der Waals surface area contributed by atoms with Crippen LogP contribution in [0, 0.1) is 12.7 Å². The predicted octanol–water partition coefficient (Wildman–Crippen LogP) is 8.87. The molecule has 0 radical (unpaired) electrons. The monoisotopic (exact) mass is 874 g/mol. The first-order valence-electron chi connectivity index (χ1n) is 20.1. The normalized spacial score (nSPS) is 13.8. The molecule has 1 N–H and O–H groups in total. The van der Waals surface area contributed by atoms with Crippen LogP contribution in [0.5, 0.6) is 23.1 Å². The fraction of sp³-hybridized carbons (Fsp3) is 0.255. The minimum atomic E-state index is -1.36. The van der Waals surface area contributed by atoms with Gasteiger partial charge in [-0.3, -0.25) is 9.88 Å².